The van der Waals surface area contributed by atoms with Gasteiger partial charge in [-0.25, -0.2) is 4.79 Å². The topological polar surface area (TPSA) is 41.6 Å². The number of carbonyl (C=O) groups is 1. The Hall–Kier alpha value is -1.39. The van der Waals surface area contributed by atoms with Gasteiger partial charge in [0.25, 0.3) is 0 Å². The zero-order chi connectivity index (χ0) is 14.8. The average molecular weight is 278 g/mol. The largest absolute Gasteiger partial charge is 0.465 e. The van der Waals surface area contributed by atoms with Crippen molar-refractivity contribution in [3.63, 3.8) is 0 Å². The summed E-state index contributed by atoms with van der Waals surface area (Å²) >= 11 is 0. The molecular weight excluding hydrogens is 252 g/mol. The molecular formula is C16H26N2O2. The molecule has 0 saturated carbocycles. The van der Waals surface area contributed by atoms with E-state index in [0.717, 1.165) is 31.7 Å². The second-order valence-corrected chi connectivity index (χ2v) is 4.76. The van der Waals surface area contributed by atoms with E-state index >= 15 is 0 Å². The Morgan fingerprint density at radius 3 is 2.65 bits per heavy atom. The van der Waals surface area contributed by atoms with Gasteiger partial charge in [0.05, 0.1) is 12.7 Å². The molecule has 0 heterocycles. The molecule has 0 atom stereocenters. The highest BCUT2D eigenvalue weighted by atomic mass is 16.5. The Morgan fingerprint density at radius 2 is 2.00 bits per heavy atom. The predicted octanol–water partition coefficient (Wildman–Crippen LogP) is 2.29. The standard InChI is InChI=1S/C16H26N2O2/c1-4-11-18(5-2)12-10-17-13-14-8-6-7-9-15(14)16(19)20-3/h6-9,17H,4-5,10-13H2,1-3H3. The van der Waals surface area contributed by atoms with Gasteiger partial charge in [0.15, 0.2) is 0 Å². The number of esters is 1. The fraction of sp³-hybridized carbons (Fsp3) is 0.562. The Balaban J connectivity index is 2.44. The Morgan fingerprint density at radius 1 is 1.25 bits per heavy atom. The molecule has 112 valence electrons. The van der Waals surface area contributed by atoms with Gasteiger partial charge in [-0.05, 0) is 31.1 Å². The van der Waals surface area contributed by atoms with Crippen LogP contribution in [0.3, 0.4) is 0 Å². The van der Waals surface area contributed by atoms with Gasteiger partial charge in [0.2, 0.25) is 0 Å². The van der Waals surface area contributed by atoms with Crippen LogP contribution < -0.4 is 5.32 Å². The zero-order valence-electron chi connectivity index (χ0n) is 12.8. The lowest BCUT2D eigenvalue weighted by Crippen LogP contribution is -2.32. The van der Waals surface area contributed by atoms with Crippen molar-refractivity contribution in [2.75, 3.05) is 33.3 Å². The number of likely N-dealkylation sites (N-methyl/N-ethyl adjacent to an activating group) is 1. The van der Waals surface area contributed by atoms with Gasteiger partial charge < -0.3 is 15.0 Å². The molecule has 0 bridgehead atoms. The van der Waals surface area contributed by atoms with Gasteiger partial charge in [-0.3, -0.25) is 0 Å². The van der Waals surface area contributed by atoms with Crippen LogP contribution >= 0.6 is 0 Å². The van der Waals surface area contributed by atoms with Crippen LogP contribution in [0.5, 0.6) is 0 Å². The quantitative estimate of drug-likeness (QED) is 0.556. The number of ether oxygens (including phenoxy) is 1. The molecule has 0 aromatic heterocycles. The van der Waals surface area contributed by atoms with Crippen molar-refractivity contribution in [1.82, 2.24) is 10.2 Å². The molecule has 0 spiro atoms. The van der Waals surface area contributed by atoms with Crippen molar-refractivity contribution >= 4 is 5.97 Å². The third-order valence-electron chi connectivity index (χ3n) is 3.33. The van der Waals surface area contributed by atoms with Crippen molar-refractivity contribution < 1.29 is 9.53 Å². The summed E-state index contributed by atoms with van der Waals surface area (Å²) in [4.78, 5) is 14.1. The minimum Gasteiger partial charge on any atom is -0.465 e. The van der Waals surface area contributed by atoms with Crippen LogP contribution in [0.1, 0.15) is 36.2 Å². The number of nitrogens with one attached hydrogen (secondary N) is 1. The van der Waals surface area contributed by atoms with E-state index < -0.39 is 0 Å². The van der Waals surface area contributed by atoms with E-state index in [4.69, 9.17) is 4.74 Å². The molecule has 0 fully saturated rings. The lowest BCUT2D eigenvalue weighted by Gasteiger charge is -2.19. The number of hydrogen-bond donors (Lipinski definition) is 1. The van der Waals surface area contributed by atoms with E-state index in [2.05, 4.69) is 24.1 Å². The van der Waals surface area contributed by atoms with E-state index in [-0.39, 0.29) is 5.97 Å². The minimum atomic E-state index is -0.274. The monoisotopic (exact) mass is 278 g/mol. The molecule has 20 heavy (non-hydrogen) atoms. The van der Waals surface area contributed by atoms with Gasteiger partial charge >= 0.3 is 5.97 Å². The number of rotatable bonds is 9. The first kappa shape index (κ1) is 16.7. The van der Waals surface area contributed by atoms with E-state index in [0.29, 0.717) is 12.1 Å². The van der Waals surface area contributed by atoms with Crippen molar-refractivity contribution in [1.29, 1.82) is 0 Å². The molecule has 1 aromatic carbocycles. The summed E-state index contributed by atoms with van der Waals surface area (Å²) in [6.45, 7) is 9.24. The normalized spacial score (nSPS) is 10.8. The second-order valence-electron chi connectivity index (χ2n) is 4.76. The van der Waals surface area contributed by atoms with Gasteiger partial charge in [-0.1, -0.05) is 32.0 Å². The molecule has 1 rings (SSSR count). The van der Waals surface area contributed by atoms with Crippen molar-refractivity contribution in [3.05, 3.63) is 35.4 Å². The van der Waals surface area contributed by atoms with Gasteiger partial charge in [-0.15, -0.1) is 0 Å². The average Bonchev–Trinajstić information content (AvgIpc) is 2.50. The lowest BCUT2D eigenvalue weighted by atomic mass is 10.1. The van der Waals surface area contributed by atoms with Gasteiger partial charge in [-0.2, -0.15) is 0 Å². The first-order valence-electron chi connectivity index (χ1n) is 7.32. The summed E-state index contributed by atoms with van der Waals surface area (Å²) in [6.07, 6.45) is 1.18. The zero-order valence-corrected chi connectivity index (χ0v) is 12.8. The fourth-order valence-electron chi connectivity index (χ4n) is 2.19. The Bertz CT molecular complexity index is 407. The second kappa shape index (κ2) is 9.50. The summed E-state index contributed by atoms with van der Waals surface area (Å²) in [5.41, 5.74) is 1.63. The third-order valence-corrected chi connectivity index (χ3v) is 3.33. The molecule has 0 aliphatic heterocycles. The molecule has 1 aromatic rings. The lowest BCUT2D eigenvalue weighted by molar-refractivity contribution is 0.0599. The smallest absolute Gasteiger partial charge is 0.338 e. The SMILES string of the molecule is CCCN(CC)CCNCc1ccccc1C(=O)OC. The molecule has 0 aliphatic rings. The molecule has 1 N–H and O–H groups in total. The molecule has 0 aliphatic carbocycles. The van der Waals surface area contributed by atoms with Crippen LogP contribution in [0, 0.1) is 0 Å². The summed E-state index contributed by atoms with van der Waals surface area (Å²) in [7, 11) is 1.41. The van der Waals surface area contributed by atoms with E-state index in [9.17, 15) is 4.79 Å². The van der Waals surface area contributed by atoms with Crippen LogP contribution in [-0.4, -0.2) is 44.2 Å². The maximum absolute atomic E-state index is 11.6. The van der Waals surface area contributed by atoms with Crippen molar-refractivity contribution in [3.8, 4) is 0 Å². The number of methoxy groups -OCH3 is 1. The van der Waals surface area contributed by atoms with Crippen LogP contribution in [0.15, 0.2) is 24.3 Å². The summed E-state index contributed by atoms with van der Waals surface area (Å²) in [5.74, 6) is -0.274. The highest BCUT2D eigenvalue weighted by Crippen LogP contribution is 2.09. The van der Waals surface area contributed by atoms with Crippen LogP contribution in [-0.2, 0) is 11.3 Å². The van der Waals surface area contributed by atoms with Crippen LogP contribution in [0.25, 0.3) is 0 Å². The summed E-state index contributed by atoms with van der Waals surface area (Å²) in [5, 5.41) is 3.39. The van der Waals surface area contributed by atoms with E-state index in [1.54, 1.807) is 6.07 Å². The first-order valence-corrected chi connectivity index (χ1v) is 7.32. The van der Waals surface area contributed by atoms with Crippen molar-refractivity contribution in [2.24, 2.45) is 0 Å². The molecule has 4 heteroatoms. The molecule has 0 saturated heterocycles. The van der Waals surface area contributed by atoms with Crippen molar-refractivity contribution in [2.45, 2.75) is 26.8 Å². The maximum atomic E-state index is 11.6. The highest BCUT2D eigenvalue weighted by molar-refractivity contribution is 5.90. The molecule has 0 radical (unpaired) electrons. The molecule has 4 nitrogen and oxygen atoms in total. The Kier molecular flexibility index (Phi) is 7.92. The van der Waals surface area contributed by atoms with Crippen LogP contribution in [0.4, 0.5) is 0 Å². The third kappa shape index (κ3) is 5.31. The Labute approximate surface area is 122 Å². The van der Waals surface area contributed by atoms with E-state index in [1.165, 1.54) is 13.5 Å². The number of hydrogen-bond acceptors (Lipinski definition) is 4. The number of carbonyl (C=O) groups excluding carboxylic acids is 1. The first-order chi connectivity index (χ1) is 9.72. The summed E-state index contributed by atoms with van der Waals surface area (Å²) in [6, 6.07) is 7.57. The van der Waals surface area contributed by atoms with E-state index in [1.807, 2.05) is 18.2 Å². The predicted molar refractivity (Wildman–Crippen MR) is 81.9 cm³/mol. The number of nitrogens with zero attached hydrogens (tertiary/aromatic N) is 1. The highest BCUT2D eigenvalue weighted by Gasteiger charge is 2.10. The van der Waals surface area contributed by atoms with Crippen LogP contribution in [0.2, 0.25) is 0 Å². The fourth-order valence-corrected chi connectivity index (χ4v) is 2.19. The molecule has 0 amide bonds. The number of benzene rings is 1. The van der Waals surface area contributed by atoms with Gasteiger partial charge in [0.1, 0.15) is 0 Å². The minimum absolute atomic E-state index is 0.274. The van der Waals surface area contributed by atoms with Gasteiger partial charge in [0, 0.05) is 19.6 Å². The summed E-state index contributed by atoms with van der Waals surface area (Å²) < 4.78 is 4.80. The maximum Gasteiger partial charge on any atom is 0.338 e. The molecule has 0 unspecified atom stereocenters.